The molecule has 0 spiro atoms. The molecule has 0 aromatic heterocycles. The van der Waals surface area contributed by atoms with Crippen LogP contribution in [-0.2, 0) is 0 Å². The van der Waals surface area contributed by atoms with E-state index >= 15 is 0 Å². The van der Waals surface area contributed by atoms with E-state index in [1.54, 1.807) is 0 Å². The molecule has 5 heterocycles. The summed E-state index contributed by atoms with van der Waals surface area (Å²) in [6.45, 7) is 0. The summed E-state index contributed by atoms with van der Waals surface area (Å²) >= 11 is 0. The van der Waals surface area contributed by atoms with Gasteiger partial charge in [-0.3, -0.25) is 0 Å². The molecule has 0 unspecified atom stereocenters. The van der Waals surface area contributed by atoms with Gasteiger partial charge in [-0.05, 0) is 72.9 Å². The summed E-state index contributed by atoms with van der Waals surface area (Å²) in [5.74, 6) is 1.43. The topological polar surface area (TPSA) is 58.7 Å². The van der Waals surface area contributed by atoms with Crippen LogP contribution in [0, 0.1) is 0 Å². The third kappa shape index (κ3) is 3.65. The fraction of sp³-hybridized carbons (Fsp3) is 0. The van der Waals surface area contributed by atoms with E-state index in [2.05, 4.69) is 15.0 Å². The maximum atomic E-state index is 6.12. The first kappa shape index (κ1) is 17.5. The van der Waals surface area contributed by atoms with Crippen molar-refractivity contribution in [2.75, 3.05) is 0 Å². The minimum Gasteiger partial charge on any atom is -0.455 e. The third-order valence-corrected chi connectivity index (χ3v) is 4.97. The van der Waals surface area contributed by atoms with Gasteiger partial charge in [0.15, 0.2) is 5.76 Å². The second kappa shape index (κ2) is 7.15. The van der Waals surface area contributed by atoms with Gasteiger partial charge < -0.3 is 4.74 Å². The molecule has 0 amide bonds. The molecule has 6 rings (SSSR count). The zero-order valence-electron chi connectivity index (χ0n) is 16.4. The van der Waals surface area contributed by atoms with Crippen LogP contribution < -0.4 is 4.74 Å². The largest absolute Gasteiger partial charge is 0.455 e. The lowest BCUT2D eigenvalue weighted by Gasteiger charge is -2.06. The molecule has 1 aromatic rings. The standard InChI is InChI=1S/C26H16N4O/c1-2-4-24(5-3-1)31-26-16-23-14-21-9-8-19(28-21)12-17-6-7-18(27-17)13-20-10-11-22(29-20)15-25(26)30-23/h1-16H. The molecule has 5 heteroatoms. The number of aliphatic imine (C=N–C) groups is 4. The van der Waals surface area contributed by atoms with Crippen LogP contribution >= 0.6 is 0 Å². The van der Waals surface area contributed by atoms with Crippen molar-refractivity contribution in [1.82, 2.24) is 0 Å². The Bertz CT molecular complexity index is 1370. The summed E-state index contributed by atoms with van der Waals surface area (Å²) in [4.78, 5) is 18.8. The van der Waals surface area contributed by atoms with E-state index < -0.39 is 0 Å². The summed E-state index contributed by atoms with van der Waals surface area (Å²) in [5, 5.41) is 0. The summed E-state index contributed by atoms with van der Waals surface area (Å²) in [7, 11) is 0. The summed E-state index contributed by atoms with van der Waals surface area (Å²) < 4.78 is 6.12. The van der Waals surface area contributed by atoms with Crippen LogP contribution in [0.15, 0.2) is 146 Å². The average Bonchev–Trinajstić information content (AvgIpc) is 3.55. The molecule has 5 aliphatic rings. The molecule has 0 fully saturated rings. The van der Waals surface area contributed by atoms with Crippen LogP contribution in [0.1, 0.15) is 0 Å². The van der Waals surface area contributed by atoms with E-state index in [4.69, 9.17) is 9.73 Å². The lowest BCUT2D eigenvalue weighted by molar-refractivity contribution is 0.456. The third-order valence-electron chi connectivity index (χ3n) is 4.97. The number of rotatable bonds is 2. The minimum absolute atomic E-state index is 0.676. The smallest absolute Gasteiger partial charge is 0.155 e. The molecule has 31 heavy (non-hydrogen) atoms. The van der Waals surface area contributed by atoms with Crippen LogP contribution in [0.2, 0.25) is 0 Å². The minimum atomic E-state index is 0.676. The van der Waals surface area contributed by atoms with E-state index in [1.807, 2.05) is 97.2 Å². The Morgan fingerprint density at radius 1 is 0.484 bits per heavy atom. The predicted octanol–water partition coefficient (Wildman–Crippen LogP) is 4.99. The Labute approximate surface area is 179 Å². The Morgan fingerprint density at radius 3 is 1.65 bits per heavy atom. The zero-order chi connectivity index (χ0) is 20.6. The van der Waals surface area contributed by atoms with Gasteiger partial charge in [0.1, 0.15) is 11.5 Å². The number of hydrogen-bond donors (Lipinski definition) is 0. The number of para-hydroxylation sites is 1. The van der Waals surface area contributed by atoms with E-state index in [9.17, 15) is 0 Å². The van der Waals surface area contributed by atoms with Crippen molar-refractivity contribution in [1.29, 1.82) is 0 Å². The van der Waals surface area contributed by atoms with Gasteiger partial charge in [-0.1, -0.05) is 18.2 Å². The predicted molar refractivity (Wildman–Crippen MR) is 125 cm³/mol. The number of fused-ring (bicyclic) bond motifs is 4. The molecule has 5 aliphatic heterocycles. The van der Waals surface area contributed by atoms with E-state index in [-0.39, 0.29) is 0 Å². The van der Waals surface area contributed by atoms with Crippen molar-refractivity contribution in [3.8, 4) is 5.75 Å². The molecule has 5 nitrogen and oxygen atoms in total. The quantitative estimate of drug-likeness (QED) is 0.690. The highest BCUT2D eigenvalue weighted by Gasteiger charge is 2.18. The lowest BCUT2D eigenvalue weighted by Crippen LogP contribution is -2.04. The normalized spacial score (nSPS) is 20.3. The Balaban J connectivity index is 1.45. The summed E-state index contributed by atoms with van der Waals surface area (Å²) in [6.07, 6.45) is 21.6. The van der Waals surface area contributed by atoms with Crippen molar-refractivity contribution < 1.29 is 4.74 Å². The SMILES string of the molecule is C1=CC2=NC1=CC1=NC(=CC3=NC(=CC4=NC(=C2)C=C4)C=C3Oc2ccccc2)C=C1. The van der Waals surface area contributed by atoms with Crippen molar-refractivity contribution in [3.05, 3.63) is 126 Å². The molecule has 0 atom stereocenters. The highest BCUT2D eigenvalue weighted by molar-refractivity contribution is 6.15. The average molecular weight is 400 g/mol. The molecular weight excluding hydrogens is 384 g/mol. The van der Waals surface area contributed by atoms with Crippen LogP contribution in [0.25, 0.3) is 0 Å². The number of nitrogens with zero attached hydrogens (tertiary/aromatic N) is 4. The zero-order valence-corrected chi connectivity index (χ0v) is 16.4. The molecule has 0 saturated carbocycles. The van der Waals surface area contributed by atoms with Crippen LogP contribution in [0.4, 0.5) is 0 Å². The molecule has 0 aliphatic carbocycles. The first-order valence-electron chi connectivity index (χ1n) is 9.98. The Kier molecular flexibility index (Phi) is 4.03. The maximum Gasteiger partial charge on any atom is 0.155 e. The number of allylic oxidation sites excluding steroid dienone is 11. The van der Waals surface area contributed by atoms with Gasteiger partial charge in [-0.2, -0.15) is 0 Å². The van der Waals surface area contributed by atoms with Crippen LogP contribution in [-0.4, -0.2) is 22.8 Å². The molecule has 0 N–H and O–H groups in total. The fourth-order valence-electron chi connectivity index (χ4n) is 3.57. The van der Waals surface area contributed by atoms with E-state index in [0.29, 0.717) is 5.76 Å². The Hall–Kier alpha value is -4.38. The second-order valence-electron chi connectivity index (χ2n) is 7.31. The second-order valence-corrected chi connectivity index (χ2v) is 7.31. The molecule has 8 bridgehead atoms. The fourth-order valence-corrected chi connectivity index (χ4v) is 3.57. The van der Waals surface area contributed by atoms with Crippen molar-refractivity contribution in [2.45, 2.75) is 0 Å². The van der Waals surface area contributed by atoms with Crippen LogP contribution in [0.3, 0.4) is 0 Å². The molecule has 0 radical (unpaired) electrons. The lowest BCUT2D eigenvalue weighted by atomic mass is 10.2. The number of benzene rings is 1. The summed E-state index contributed by atoms with van der Waals surface area (Å²) in [5.41, 5.74) is 6.58. The maximum absolute atomic E-state index is 6.12. The van der Waals surface area contributed by atoms with E-state index in [1.165, 1.54) is 0 Å². The Morgan fingerprint density at radius 2 is 1.03 bits per heavy atom. The van der Waals surface area contributed by atoms with Gasteiger partial charge in [-0.25, -0.2) is 20.0 Å². The monoisotopic (exact) mass is 400 g/mol. The summed E-state index contributed by atoms with van der Waals surface area (Å²) in [6, 6.07) is 9.69. The molecule has 146 valence electrons. The van der Waals surface area contributed by atoms with Gasteiger partial charge in [0.2, 0.25) is 0 Å². The first-order valence-corrected chi connectivity index (χ1v) is 9.98. The number of ether oxygens (including phenoxy) is 1. The van der Waals surface area contributed by atoms with Crippen molar-refractivity contribution >= 4 is 22.8 Å². The van der Waals surface area contributed by atoms with Crippen LogP contribution in [0.5, 0.6) is 5.75 Å². The van der Waals surface area contributed by atoms with E-state index in [0.717, 1.165) is 51.4 Å². The molecular formula is C26H16N4O. The molecule has 1 aromatic carbocycles. The van der Waals surface area contributed by atoms with Gasteiger partial charge in [-0.15, -0.1) is 0 Å². The number of hydrogen-bond acceptors (Lipinski definition) is 5. The van der Waals surface area contributed by atoms with Gasteiger partial charge >= 0.3 is 0 Å². The highest BCUT2D eigenvalue weighted by Crippen LogP contribution is 2.25. The highest BCUT2D eigenvalue weighted by atomic mass is 16.5. The van der Waals surface area contributed by atoms with Gasteiger partial charge in [0.05, 0.1) is 39.9 Å². The van der Waals surface area contributed by atoms with Crippen molar-refractivity contribution in [3.63, 3.8) is 0 Å². The van der Waals surface area contributed by atoms with Crippen molar-refractivity contribution in [2.24, 2.45) is 20.0 Å². The van der Waals surface area contributed by atoms with Gasteiger partial charge in [0.25, 0.3) is 0 Å². The van der Waals surface area contributed by atoms with Gasteiger partial charge in [0, 0.05) is 6.08 Å². The first-order chi connectivity index (χ1) is 15.3. The molecule has 0 saturated heterocycles.